The highest BCUT2D eigenvalue weighted by molar-refractivity contribution is 5.88. The number of aliphatic hydroxyl groups excluding tert-OH is 1. The molecule has 3 rings (SSSR count). The second-order valence-corrected chi connectivity index (χ2v) is 5.07. The zero-order valence-electron chi connectivity index (χ0n) is 11.9. The molecule has 4 heteroatoms. The molecular formula is C17H18N2O2. The van der Waals surface area contributed by atoms with E-state index < -0.39 is 6.10 Å². The van der Waals surface area contributed by atoms with E-state index in [1.54, 1.807) is 6.20 Å². The van der Waals surface area contributed by atoms with E-state index in [0.717, 1.165) is 22.3 Å². The van der Waals surface area contributed by atoms with Crippen LogP contribution in [0.25, 0.3) is 10.8 Å². The standard InChI is InChI=1S/C17H18N2O2/c1-13-18-9-10-19(13)11-15(20)12-21-17-8-4-6-14-5-2-3-7-16(14)17/h2-10,15,20H,11-12H2,1H3/t15-/m0/s1. The third kappa shape index (κ3) is 3.06. The first kappa shape index (κ1) is 13.6. The first-order valence-corrected chi connectivity index (χ1v) is 7.00. The van der Waals surface area contributed by atoms with Gasteiger partial charge in [-0.05, 0) is 18.4 Å². The van der Waals surface area contributed by atoms with Crippen molar-refractivity contribution in [2.75, 3.05) is 6.61 Å². The fraction of sp³-hybridized carbons (Fsp3) is 0.235. The Bertz CT molecular complexity index is 731. The molecule has 1 atom stereocenters. The van der Waals surface area contributed by atoms with Crippen LogP contribution < -0.4 is 4.74 Å². The first-order valence-electron chi connectivity index (χ1n) is 7.00. The molecule has 0 amide bonds. The summed E-state index contributed by atoms with van der Waals surface area (Å²) in [5, 5.41) is 12.3. The number of rotatable bonds is 5. The maximum atomic E-state index is 10.1. The van der Waals surface area contributed by atoms with E-state index in [-0.39, 0.29) is 6.61 Å². The van der Waals surface area contributed by atoms with Crippen molar-refractivity contribution in [1.29, 1.82) is 0 Å². The van der Waals surface area contributed by atoms with Gasteiger partial charge in [0.1, 0.15) is 24.3 Å². The third-order valence-corrected chi connectivity index (χ3v) is 3.51. The van der Waals surface area contributed by atoms with E-state index in [9.17, 15) is 5.11 Å². The van der Waals surface area contributed by atoms with E-state index in [1.165, 1.54) is 0 Å². The van der Waals surface area contributed by atoms with Gasteiger partial charge in [-0.25, -0.2) is 4.98 Å². The number of aliphatic hydroxyl groups is 1. The smallest absolute Gasteiger partial charge is 0.127 e. The molecule has 1 heterocycles. The van der Waals surface area contributed by atoms with Crippen molar-refractivity contribution in [3.63, 3.8) is 0 Å². The molecule has 0 saturated carbocycles. The number of fused-ring (bicyclic) bond motifs is 1. The monoisotopic (exact) mass is 282 g/mol. The Kier molecular flexibility index (Phi) is 3.88. The Labute approximate surface area is 123 Å². The molecule has 1 N–H and O–H groups in total. The average Bonchev–Trinajstić information content (AvgIpc) is 2.90. The van der Waals surface area contributed by atoms with Crippen molar-refractivity contribution in [3.8, 4) is 5.75 Å². The van der Waals surface area contributed by atoms with Crippen LogP contribution in [0.1, 0.15) is 5.82 Å². The predicted molar refractivity (Wildman–Crippen MR) is 82.4 cm³/mol. The van der Waals surface area contributed by atoms with E-state index in [0.29, 0.717) is 6.54 Å². The lowest BCUT2D eigenvalue weighted by molar-refractivity contribution is 0.0927. The van der Waals surface area contributed by atoms with Gasteiger partial charge >= 0.3 is 0 Å². The molecule has 0 fully saturated rings. The zero-order chi connectivity index (χ0) is 14.7. The molecule has 108 valence electrons. The van der Waals surface area contributed by atoms with Gasteiger partial charge in [0.15, 0.2) is 0 Å². The normalized spacial score (nSPS) is 12.5. The van der Waals surface area contributed by atoms with Gasteiger partial charge in [-0.2, -0.15) is 0 Å². The molecule has 0 spiro atoms. The first-order chi connectivity index (χ1) is 10.2. The van der Waals surface area contributed by atoms with Crippen molar-refractivity contribution in [1.82, 2.24) is 9.55 Å². The SMILES string of the molecule is Cc1nccn1C[C@H](O)COc1cccc2ccccc12. The molecule has 0 bridgehead atoms. The van der Waals surface area contributed by atoms with Crippen LogP contribution in [0.3, 0.4) is 0 Å². The molecule has 0 radical (unpaired) electrons. The summed E-state index contributed by atoms with van der Waals surface area (Å²) in [6.45, 7) is 2.65. The van der Waals surface area contributed by atoms with Crippen LogP contribution >= 0.6 is 0 Å². The summed E-state index contributed by atoms with van der Waals surface area (Å²) >= 11 is 0. The fourth-order valence-electron chi connectivity index (χ4n) is 2.38. The number of aryl methyl sites for hydroxylation is 1. The molecule has 1 aromatic heterocycles. The van der Waals surface area contributed by atoms with Gasteiger partial charge in [0.25, 0.3) is 0 Å². The van der Waals surface area contributed by atoms with Crippen molar-refractivity contribution in [3.05, 3.63) is 60.7 Å². The predicted octanol–water partition coefficient (Wildman–Crippen LogP) is 2.78. The second kappa shape index (κ2) is 5.97. The number of imidazole rings is 1. The lowest BCUT2D eigenvalue weighted by Crippen LogP contribution is -2.23. The number of aromatic nitrogens is 2. The molecule has 3 aromatic rings. The lowest BCUT2D eigenvalue weighted by Gasteiger charge is -2.15. The fourth-order valence-corrected chi connectivity index (χ4v) is 2.38. The minimum atomic E-state index is -0.572. The number of benzene rings is 2. The van der Waals surface area contributed by atoms with Gasteiger partial charge in [-0.3, -0.25) is 0 Å². The Balaban J connectivity index is 1.68. The molecule has 2 aromatic carbocycles. The van der Waals surface area contributed by atoms with E-state index in [4.69, 9.17) is 4.74 Å². The molecule has 0 saturated heterocycles. The van der Waals surface area contributed by atoms with Crippen LogP contribution in [0.15, 0.2) is 54.9 Å². The number of hydrogen-bond donors (Lipinski definition) is 1. The summed E-state index contributed by atoms with van der Waals surface area (Å²) in [7, 11) is 0. The number of ether oxygens (including phenoxy) is 1. The van der Waals surface area contributed by atoms with Crippen molar-refractivity contribution < 1.29 is 9.84 Å². The average molecular weight is 282 g/mol. The van der Waals surface area contributed by atoms with Crippen LogP contribution in [0.4, 0.5) is 0 Å². The van der Waals surface area contributed by atoms with E-state index in [1.807, 2.05) is 60.2 Å². The maximum absolute atomic E-state index is 10.1. The van der Waals surface area contributed by atoms with Gasteiger partial charge in [-0.15, -0.1) is 0 Å². The van der Waals surface area contributed by atoms with Gasteiger partial charge < -0.3 is 14.4 Å². The van der Waals surface area contributed by atoms with Crippen LogP contribution in [0, 0.1) is 6.92 Å². The van der Waals surface area contributed by atoms with Crippen molar-refractivity contribution in [2.45, 2.75) is 19.6 Å². The third-order valence-electron chi connectivity index (χ3n) is 3.51. The number of nitrogens with zero attached hydrogens (tertiary/aromatic N) is 2. The highest BCUT2D eigenvalue weighted by Gasteiger charge is 2.09. The minimum absolute atomic E-state index is 0.256. The number of hydrogen-bond acceptors (Lipinski definition) is 3. The summed E-state index contributed by atoms with van der Waals surface area (Å²) in [6.07, 6.45) is 3.02. The molecule has 0 aliphatic heterocycles. The van der Waals surface area contributed by atoms with E-state index >= 15 is 0 Å². The van der Waals surface area contributed by atoms with Crippen LogP contribution in [0.5, 0.6) is 5.75 Å². The Morgan fingerprint density at radius 2 is 2.00 bits per heavy atom. The Hall–Kier alpha value is -2.33. The molecule has 0 aliphatic rings. The summed E-state index contributed by atoms with van der Waals surface area (Å²) in [5.41, 5.74) is 0. The van der Waals surface area contributed by atoms with Crippen molar-refractivity contribution >= 4 is 10.8 Å². The van der Waals surface area contributed by atoms with Crippen LogP contribution in [-0.4, -0.2) is 27.4 Å². The highest BCUT2D eigenvalue weighted by atomic mass is 16.5. The van der Waals surface area contributed by atoms with Crippen LogP contribution in [0.2, 0.25) is 0 Å². The summed E-state index contributed by atoms with van der Waals surface area (Å²) < 4.78 is 7.70. The zero-order valence-corrected chi connectivity index (χ0v) is 11.9. The minimum Gasteiger partial charge on any atom is -0.490 e. The van der Waals surface area contributed by atoms with Gasteiger partial charge in [-0.1, -0.05) is 36.4 Å². The maximum Gasteiger partial charge on any atom is 0.127 e. The lowest BCUT2D eigenvalue weighted by atomic mass is 10.1. The topological polar surface area (TPSA) is 47.3 Å². The van der Waals surface area contributed by atoms with Gasteiger partial charge in [0.2, 0.25) is 0 Å². The van der Waals surface area contributed by atoms with Crippen LogP contribution in [-0.2, 0) is 6.54 Å². The largest absolute Gasteiger partial charge is 0.490 e. The Morgan fingerprint density at radius 1 is 1.19 bits per heavy atom. The van der Waals surface area contributed by atoms with Gasteiger partial charge in [0, 0.05) is 17.8 Å². The molecule has 0 unspecified atom stereocenters. The summed E-state index contributed by atoms with van der Waals surface area (Å²) in [6, 6.07) is 14.0. The molecule has 21 heavy (non-hydrogen) atoms. The molecule has 4 nitrogen and oxygen atoms in total. The van der Waals surface area contributed by atoms with Gasteiger partial charge in [0.05, 0.1) is 6.54 Å². The Morgan fingerprint density at radius 3 is 2.81 bits per heavy atom. The molecular weight excluding hydrogens is 264 g/mol. The highest BCUT2D eigenvalue weighted by Crippen LogP contribution is 2.25. The summed E-state index contributed by atoms with van der Waals surface area (Å²) in [5.74, 6) is 1.69. The second-order valence-electron chi connectivity index (χ2n) is 5.07. The summed E-state index contributed by atoms with van der Waals surface area (Å²) in [4.78, 5) is 4.14. The van der Waals surface area contributed by atoms with E-state index in [2.05, 4.69) is 4.98 Å². The van der Waals surface area contributed by atoms with Crippen molar-refractivity contribution in [2.24, 2.45) is 0 Å². The quantitative estimate of drug-likeness (QED) is 0.782. The molecule has 0 aliphatic carbocycles.